The van der Waals surface area contributed by atoms with Crippen LogP contribution in [0.3, 0.4) is 0 Å². The second kappa shape index (κ2) is 16.1. The van der Waals surface area contributed by atoms with E-state index in [1.165, 1.54) is 26.9 Å². The van der Waals surface area contributed by atoms with Gasteiger partial charge in [0.25, 0.3) is 11.8 Å². The van der Waals surface area contributed by atoms with Gasteiger partial charge >= 0.3 is 17.9 Å². The minimum absolute atomic E-state index is 0.0738. The van der Waals surface area contributed by atoms with E-state index in [0.29, 0.717) is 17.1 Å². The molecule has 0 saturated carbocycles. The summed E-state index contributed by atoms with van der Waals surface area (Å²) in [5.41, 5.74) is 0.294. The SMILES string of the molecule is CC(=O)OCCCNC(=O)c1c(I)c(N=C=O)c(I)c(C(=O)NCC(COC(C)=O)OC(C)=O)c1I. The van der Waals surface area contributed by atoms with E-state index in [1.807, 2.05) is 67.8 Å². The predicted molar refractivity (Wildman–Crippen MR) is 150 cm³/mol. The maximum atomic E-state index is 13.1. The Balaban J connectivity index is 3.23. The van der Waals surface area contributed by atoms with Gasteiger partial charge in [0.1, 0.15) is 12.3 Å². The van der Waals surface area contributed by atoms with Crippen LogP contribution in [0.1, 0.15) is 47.9 Å². The average Bonchev–Trinajstić information content (AvgIpc) is 2.77. The highest BCUT2D eigenvalue weighted by atomic mass is 127. The lowest BCUT2D eigenvalue weighted by molar-refractivity contribution is -0.155. The van der Waals surface area contributed by atoms with Gasteiger partial charge in [-0.3, -0.25) is 24.0 Å². The molecule has 0 fully saturated rings. The molecule has 12 nitrogen and oxygen atoms in total. The Hall–Kier alpha value is -1.86. The first-order valence-electron chi connectivity index (χ1n) is 10.2. The molecular formula is C21H22I3N3O9. The van der Waals surface area contributed by atoms with Gasteiger partial charge in [-0.1, -0.05) is 0 Å². The molecule has 0 aliphatic carbocycles. The van der Waals surface area contributed by atoms with Crippen molar-refractivity contribution in [1.82, 2.24) is 10.6 Å². The van der Waals surface area contributed by atoms with Crippen LogP contribution in [0.2, 0.25) is 0 Å². The molecule has 1 unspecified atom stereocenters. The van der Waals surface area contributed by atoms with E-state index in [2.05, 4.69) is 15.6 Å². The molecule has 1 aromatic rings. The average molecular weight is 841 g/mol. The number of isocyanates is 1. The summed E-state index contributed by atoms with van der Waals surface area (Å²) < 4.78 is 15.7. The van der Waals surface area contributed by atoms with Gasteiger partial charge in [0, 0.05) is 30.9 Å². The lowest BCUT2D eigenvalue weighted by Gasteiger charge is -2.19. The fourth-order valence-corrected chi connectivity index (χ4v) is 7.03. The topological polar surface area (TPSA) is 167 Å². The highest BCUT2D eigenvalue weighted by Crippen LogP contribution is 2.37. The Morgan fingerprint density at radius 1 is 0.861 bits per heavy atom. The van der Waals surface area contributed by atoms with Crippen molar-refractivity contribution in [2.45, 2.75) is 33.3 Å². The standard InChI is InChI=1S/C21H22I3N3O9/c1-10(29)34-6-4-5-25-20(32)14-16(22)15(18(24)19(17(14)23)27-9-28)21(33)26-7-13(36-12(3)31)8-35-11(2)30/h13H,4-8H2,1-3H3,(H,25,32)(H,26,33). The van der Waals surface area contributed by atoms with Crippen LogP contribution in [-0.2, 0) is 33.4 Å². The van der Waals surface area contributed by atoms with Gasteiger partial charge in [-0.05, 0) is 74.2 Å². The van der Waals surface area contributed by atoms with E-state index in [1.54, 1.807) is 0 Å². The minimum Gasteiger partial charge on any atom is -0.466 e. The summed E-state index contributed by atoms with van der Waals surface area (Å²) in [6, 6.07) is 0. The zero-order valence-electron chi connectivity index (χ0n) is 19.4. The summed E-state index contributed by atoms with van der Waals surface area (Å²) >= 11 is 5.55. The molecule has 1 atom stereocenters. The Morgan fingerprint density at radius 2 is 1.42 bits per heavy atom. The number of amides is 2. The van der Waals surface area contributed by atoms with Gasteiger partial charge in [-0.2, -0.15) is 4.99 Å². The highest BCUT2D eigenvalue weighted by Gasteiger charge is 2.28. The molecule has 1 rings (SSSR count). The van der Waals surface area contributed by atoms with Crippen LogP contribution in [0.4, 0.5) is 5.69 Å². The second-order valence-corrected chi connectivity index (χ2v) is 10.2. The fraction of sp³-hybridized carbons (Fsp3) is 0.429. The van der Waals surface area contributed by atoms with Crippen molar-refractivity contribution in [3.05, 3.63) is 21.8 Å². The van der Waals surface area contributed by atoms with Gasteiger partial charge in [0.05, 0.1) is 31.4 Å². The number of esters is 3. The van der Waals surface area contributed by atoms with Crippen molar-refractivity contribution in [1.29, 1.82) is 0 Å². The number of carbonyl (C=O) groups is 5. The van der Waals surface area contributed by atoms with Crippen LogP contribution in [0.5, 0.6) is 0 Å². The number of nitrogens with one attached hydrogen (secondary N) is 2. The summed E-state index contributed by atoms with van der Waals surface area (Å²) in [5, 5.41) is 5.28. The number of benzene rings is 1. The number of hydrogen-bond donors (Lipinski definition) is 2. The van der Waals surface area contributed by atoms with Crippen molar-refractivity contribution in [3.63, 3.8) is 0 Å². The van der Waals surface area contributed by atoms with Crippen LogP contribution in [0.15, 0.2) is 4.99 Å². The zero-order valence-corrected chi connectivity index (χ0v) is 25.8. The largest absolute Gasteiger partial charge is 0.466 e. The minimum atomic E-state index is -0.943. The van der Waals surface area contributed by atoms with Crippen LogP contribution >= 0.6 is 67.8 Å². The lowest BCUT2D eigenvalue weighted by atomic mass is 10.1. The van der Waals surface area contributed by atoms with Crippen molar-refractivity contribution in [2.24, 2.45) is 4.99 Å². The molecule has 15 heteroatoms. The van der Waals surface area contributed by atoms with E-state index >= 15 is 0 Å². The Labute approximate surface area is 247 Å². The quantitative estimate of drug-likeness (QED) is 0.0803. The molecule has 0 spiro atoms. The maximum absolute atomic E-state index is 13.1. The molecule has 2 N–H and O–H groups in total. The van der Waals surface area contributed by atoms with Gasteiger partial charge in [0.15, 0.2) is 6.10 Å². The van der Waals surface area contributed by atoms with Crippen LogP contribution in [0.25, 0.3) is 0 Å². The van der Waals surface area contributed by atoms with Crippen molar-refractivity contribution < 1.29 is 43.0 Å². The lowest BCUT2D eigenvalue weighted by Crippen LogP contribution is -2.38. The molecule has 0 radical (unpaired) electrons. The van der Waals surface area contributed by atoms with Crippen molar-refractivity contribution in [2.75, 3.05) is 26.3 Å². The second-order valence-electron chi connectivity index (χ2n) is 6.94. The van der Waals surface area contributed by atoms with Gasteiger partial charge in [-0.15, -0.1) is 0 Å². The smallest absolute Gasteiger partial charge is 0.303 e. The number of ether oxygens (including phenoxy) is 3. The molecule has 0 heterocycles. The molecule has 36 heavy (non-hydrogen) atoms. The first kappa shape index (κ1) is 32.2. The van der Waals surface area contributed by atoms with Crippen LogP contribution in [0, 0.1) is 10.7 Å². The molecule has 0 aliphatic rings. The molecular weight excluding hydrogens is 819 g/mol. The molecule has 0 aromatic heterocycles. The number of aliphatic imine (C=N–C) groups is 1. The highest BCUT2D eigenvalue weighted by molar-refractivity contribution is 14.1. The number of hydrogen-bond acceptors (Lipinski definition) is 10. The third kappa shape index (κ3) is 10.3. The predicted octanol–water partition coefficient (Wildman–Crippen LogP) is 2.38. The third-order valence-corrected chi connectivity index (χ3v) is 7.29. The first-order valence-corrected chi connectivity index (χ1v) is 13.4. The Morgan fingerprint density at radius 3 is 1.92 bits per heavy atom. The monoisotopic (exact) mass is 841 g/mol. The number of rotatable bonds is 12. The van der Waals surface area contributed by atoms with Gasteiger partial charge < -0.3 is 24.8 Å². The van der Waals surface area contributed by atoms with E-state index < -0.39 is 35.8 Å². The van der Waals surface area contributed by atoms with E-state index in [9.17, 15) is 28.8 Å². The van der Waals surface area contributed by atoms with E-state index in [4.69, 9.17) is 14.2 Å². The Kier molecular flexibility index (Phi) is 14.4. The normalized spacial score (nSPS) is 10.9. The summed E-state index contributed by atoms with van der Waals surface area (Å²) in [6.07, 6.45) is 0.860. The number of nitrogens with zero attached hydrogens (tertiary/aromatic N) is 1. The Bertz CT molecular complexity index is 1090. The summed E-state index contributed by atoms with van der Waals surface area (Å²) in [6.45, 7) is 3.51. The third-order valence-electron chi connectivity index (χ3n) is 4.11. The van der Waals surface area contributed by atoms with E-state index in [0.717, 1.165) is 0 Å². The summed E-state index contributed by atoms with van der Waals surface area (Å²) in [5.74, 6) is -2.80. The van der Waals surface area contributed by atoms with Gasteiger partial charge in [-0.25, -0.2) is 4.79 Å². The molecule has 0 saturated heterocycles. The summed E-state index contributed by atoms with van der Waals surface area (Å²) in [4.78, 5) is 74.1. The number of halogens is 3. The van der Waals surface area contributed by atoms with Gasteiger partial charge in [0.2, 0.25) is 6.08 Å². The maximum Gasteiger partial charge on any atom is 0.303 e. The molecule has 1 aromatic carbocycles. The van der Waals surface area contributed by atoms with Crippen molar-refractivity contribution in [3.8, 4) is 0 Å². The van der Waals surface area contributed by atoms with Crippen molar-refractivity contribution >= 4 is 109 Å². The molecule has 2 amide bonds. The fourth-order valence-electron chi connectivity index (χ4n) is 2.65. The first-order chi connectivity index (χ1) is 16.9. The van der Waals surface area contributed by atoms with E-state index in [-0.39, 0.29) is 43.1 Å². The molecule has 0 bridgehead atoms. The zero-order chi connectivity index (χ0) is 27.4. The molecule has 0 aliphatic heterocycles. The van der Waals surface area contributed by atoms with Crippen LogP contribution < -0.4 is 10.6 Å². The van der Waals surface area contributed by atoms with Crippen LogP contribution in [-0.4, -0.2) is 68.2 Å². The number of carbonyl (C=O) groups excluding carboxylic acids is 6. The summed E-state index contributed by atoms with van der Waals surface area (Å²) in [7, 11) is 0. The molecule has 196 valence electrons.